The summed E-state index contributed by atoms with van der Waals surface area (Å²) in [5, 5.41) is 0. The molecule has 2 nitrogen and oxygen atoms in total. The molecule has 0 aliphatic rings. The summed E-state index contributed by atoms with van der Waals surface area (Å²) < 4.78 is 0.679. The fourth-order valence-corrected chi connectivity index (χ4v) is 3.55. The number of halogens is 1. The van der Waals surface area contributed by atoms with Crippen molar-refractivity contribution in [1.82, 2.24) is 0 Å². The van der Waals surface area contributed by atoms with E-state index >= 15 is 0 Å². The van der Waals surface area contributed by atoms with Crippen LogP contribution in [-0.4, -0.2) is 30.0 Å². The Kier molecular flexibility index (Phi) is 19.3. The molecule has 0 unspecified atom stereocenters. The minimum Gasteiger partial charge on any atom is -1.00 e. The van der Waals surface area contributed by atoms with Gasteiger partial charge in [0.2, 0.25) is 0 Å². The number of carbonyl (C=O) groups is 1. The Morgan fingerprint density at radius 2 is 0.917 bits per heavy atom. The lowest BCUT2D eigenvalue weighted by atomic mass is 10.0. The molecule has 0 heterocycles. The number of amides is 1. The first-order valence-electron chi connectivity index (χ1n) is 10.6. The van der Waals surface area contributed by atoms with E-state index in [1.54, 1.807) is 0 Å². The predicted molar refractivity (Wildman–Crippen MR) is 103 cm³/mol. The zero-order valence-corrected chi connectivity index (χ0v) is 17.8. The summed E-state index contributed by atoms with van der Waals surface area (Å²) in [6, 6.07) is 0. The van der Waals surface area contributed by atoms with Crippen LogP contribution in [0, 0.1) is 0 Å². The maximum absolute atomic E-state index is 12.4. The largest absolute Gasteiger partial charge is 1.00 e. The monoisotopic (exact) mass is 361 g/mol. The molecule has 0 aromatic carbocycles. The lowest BCUT2D eigenvalue weighted by Crippen LogP contribution is -3.00. The van der Waals surface area contributed by atoms with Crippen LogP contribution in [0.4, 0.5) is 0 Å². The summed E-state index contributed by atoms with van der Waals surface area (Å²) in [4.78, 5) is 12.4. The molecule has 3 heteroatoms. The molecule has 0 rings (SSSR count). The molecule has 0 saturated carbocycles. The van der Waals surface area contributed by atoms with Crippen LogP contribution in [0.5, 0.6) is 0 Å². The van der Waals surface area contributed by atoms with Gasteiger partial charge in [-0.05, 0) is 27.2 Å². The van der Waals surface area contributed by atoms with Crippen LogP contribution in [0.2, 0.25) is 0 Å². The zero-order chi connectivity index (χ0) is 17.4. The topological polar surface area (TPSA) is 17.1 Å². The van der Waals surface area contributed by atoms with Gasteiger partial charge in [0.25, 0.3) is 0 Å². The third-order valence-electron chi connectivity index (χ3n) is 5.59. The Hall–Kier alpha value is -0.0800. The van der Waals surface area contributed by atoms with Crippen molar-refractivity contribution in [2.24, 2.45) is 0 Å². The fraction of sp³-hybridized carbons (Fsp3) is 0.952. The Morgan fingerprint density at radius 1 is 0.583 bits per heavy atom. The number of quaternary nitrogens is 1. The van der Waals surface area contributed by atoms with Crippen LogP contribution in [0.25, 0.3) is 0 Å². The highest BCUT2D eigenvalue weighted by Crippen LogP contribution is 2.15. The molecule has 0 aliphatic heterocycles. The predicted octanol–water partition coefficient (Wildman–Crippen LogP) is 3.48. The van der Waals surface area contributed by atoms with E-state index in [2.05, 4.69) is 27.7 Å². The molecule has 146 valence electrons. The Balaban J connectivity index is 0. The van der Waals surface area contributed by atoms with E-state index in [-0.39, 0.29) is 12.4 Å². The smallest absolute Gasteiger partial charge is 0.313 e. The van der Waals surface area contributed by atoms with Crippen LogP contribution >= 0.6 is 0 Å². The van der Waals surface area contributed by atoms with Crippen molar-refractivity contribution in [3.8, 4) is 0 Å². The van der Waals surface area contributed by atoms with Crippen LogP contribution in [0.1, 0.15) is 111 Å². The van der Waals surface area contributed by atoms with Crippen LogP contribution in [0.3, 0.4) is 0 Å². The molecule has 1 amide bonds. The number of hydrogen-bond acceptors (Lipinski definition) is 1. The highest BCUT2D eigenvalue weighted by Gasteiger charge is 2.29. The molecular weight excluding hydrogens is 318 g/mol. The number of rotatable bonds is 16. The average molecular weight is 362 g/mol. The van der Waals surface area contributed by atoms with E-state index in [0.29, 0.717) is 10.4 Å². The normalized spacial score (nSPS) is 11.3. The van der Waals surface area contributed by atoms with Crippen molar-refractivity contribution in [1.29, 1.82) is 0 Å². The van der Waals surface area contributed by atoms with Crippen molar-refractivity contribution >= 4 is 5.91 Å². The summed E-state index contributed by atoms with van der Waals surface area (Å²) in [5.74, 6) is 0.463. The fourth-order valence-electron chi connectivity index (χ4n) is 3.55. The van der Waals surface area contributed by atoms with E-state index in [1.165, 1.54) is 70.6 Å². The summed E-state index contributed by atoms with van der Waals surface area (Å²) in [7, 11) is 0. The van der Waals surface area contributed by atoms with Crippen molar-refractivity contribution in [3.05, 3.63) is 0 Å². The first-order chi connectivity index (χ1) is 11.2. The highest BCUT2D eigenvalue weighted by molar-refractivity contribution is 5.68. The second kappa shape index (κ2) is 17.7. The van der Waals surface area contributed by atoms with Gasteiger partial charge in [0.15, 0.2) is 0 Å². The quantitative estimate of drug-likeness (QED) is 0.304. The van der Waals surface area contributed by atoms with E-state index in [9.17, 15) is 4.79 Å². The first-order valence-corrected chi connectivity index (χ1v) is 10.6. The van der Waals surface area contributed by atoms with Crippen LogP contribution in [0.15, 0.2) is 0 Å². The molecule has 0 N–H and O–H groups in total. The maximum Gasteiger partial charge on any atom is 0.313 e. The van der Waals surface area contributed by atoms with Gasteiger partial charge < -0.3 is 12.4 Å². The summed E-state index contributed by atoms with van der Waals surface area (Å²) >= 11 is 0. The molecule has 0 aromatic heterocycles. The maximum atomic E-state index is 12.4. The lowest BCUT2D eigenvalue weighted by molar-refractivity contribution is -0.849. The van der Waals surface area contributed by atoms with Gasteiger partial charge >= 0.3 is 5.91 Å². The Bertz CT molecular complexity index is 269. The van der Waals surface area contributed by atoms with Gasteiger partial charge in [-0.15, -0.1) is 0 Å². The Morgan fingerprint density at radius 3 is 1.25 bits per heavy atom. The summed E-state index contributed by atoms with van der Waals surface area (Å²) in [6.07, 6.45) is 17.1. The third-order valence-corrected chi connectivity index (χ3v) is 5.59. The minimum absolute atomic E-state index is 0. The van der Waals surface area contributed by atoms with E-state index in [4.69, 9.17) is 0 Å². The van der Waals surface area contributed by atoms with Gasteiger partial charge in [-0.25, -0.2) is 4.79 Å². The second-order valence-corrected chi connectivity index (χ2v) is 7.13. The van der Waals surface area contributed by atoms with Crippen molar-refractivity contribution in [2.45, 2.75) is 111 Å². The van der Waals surface area contributed by atoms with Gasteiger partial charge in [-0.3, -0.25) is 4.48 Å². The van der Waals surface area contributed by atoms with Crippen molar-refractivity contribution in [2.75, 3.05) is 19.6 Å². The van der Waals surface area contributed by atoms with E-state index in [1.807, 2.05) is 0 Å². The molecule has 0 aliphatic carbocycles. The molecule has 0 atom stereocenters. The molecule has 0 radical (unpaired) electrons. The third kappa shape index (κ3) is 11.5. The SMILES string of the molecule is CCCCCCCCCCCCCCC(=O)[N+](CC)(CC)CC.[Cl-]. The Labute approximate surface area is 158 Å². The molecule has 0 aromatic rings. The number of unbranched alkanes of at least 4 members (excludes halogenated alkanes) is 11. The van der Waals surface area contributed by atoms with E-state index < -0.39 is 0 Å². The standard InChI is InChI=1S/C21H44NO.ClH/c1-5-9-10-11-12-13-14-15-16-17-18-19-20-21(23)22(6-2,7-3)8-4;/h5-20H2,1-4H3;1H/q+1;/p-1. The molecule has 0 fully saturated rings. The number of carbonyl (C=O) groups excluding carboxylic acids is 1. The van der Waals surface area contributed by atoms with Gasteiger partial charge in [-0.2, -0.15) is 0 Å². The number of nitrogens with zero attached hydrogens (tertiary/aromatic N) is 1. The van der Waals surface area contributed by atoms with Gasteiger partial charge in [0.05, 0.1) is 26.1 Å². The van der Waals surface area contributed by atoms with Crippen molar-refractivity contribution < 1.29 is 21.7 Å². The second-order valence-electron chi connectivity index (χ2n) is 7.13. The minimum atomic E-state index is 0. The average Bonchev–Trinajstić information content (AvgIpc) is 2.58. The molecule has 0 saturated heterocycles. The first kappa shape index (κ1) is 26.2. The lowest BCUT2D eigenvalue weighted by Gasteiger charge is -2.32. The van der Waals surface area contributed by atoms with Crippen LogP contribution < -0.4 is 12.4 Å². The van der Waals surface area contributed by atoms with Crippen LogP contribution in [-0.2, 0) is 4.79 Å². The van der Waals surface area contributed by atoms with Gasteiger partial charge in [-0.1, -0.05) is 77.6 Å². The van der Waals surface area contributed by atoms with Crippen molar-refractivity contribution in [3.63, 3.8) is 0 Å². The highest BCUT2D eigenvalue weighted by atomic mass is 35.5. The molecule has 0 bridgehead atoms. The summed E-state index contributed by atoms with van der Waals surface area (Å²) in [6.45, 7) is 11.6. The van der Waals surface area contributed by atoms with E-state index in [0.717, 1.165) is 32.5 Å². The molecule has 24 heavy (non-hydrogen) atoms. The van der Waals surface area contributed by atoms with Gasteiger partial charge in [0.1, 0.15) is 0 Å². The molecule has 0 spiro atoms. The number of hydrogen-bond donors (Lipinski definition) is 0. The summed E-state index contributed by atoms with van der Waals surface area (Å²) in [5.41, 5.74) is 0. The zero-order valence-electron chi connectivity index (χ0n) is 17.0. The van der Waals surface area contributed by atoms with Gasteiger partial charge in [0, 0.05) is 0 Å². The molecular formula is C21H44ClNO.